The first-order valence-corrected chi connectivity index (χ1v) is 6.60. The number of carbonyl (C=O) groups is 1. The molecule has 0 heterocycles. The van der Waals surface area contributed by atoms with Crippen molar-refractivity contribution in [3.8, 4) is 5.75 Å². The van der Waals surface area contributed by atoms with Gasteiger partial charge in [0.25, 0.3) is 0 Å². The van der Waals surface area contributed by atoms with Gasteiger partial charge >= 0.3 is 5.97 Å². The fourth-order valence-corrected chi connectivity index (χ4v) is 2.02. The van der Waals surface area contributed by atoms with Gasteiger partial charge in [-0.2, -0.15) is 0 Å². The van der Waals surface area contributed by atoms with Crippen molar-refractivity contribution in [3.63, 3.8) is 0 Å². The van der Waals surface area contributed by atoms with E-state index in [-0.39, 0.29) is 5.56 Å². The number of carboxylic acid groups (broad SMARTS) is 1. The lowest BCUT2D eigenvalue weighted by atomic mass is 10.2. The molecule has 102 valence electrons. The smallest absolute Gasteiger partial charge is 0.335 e. The highest BCUT2D eigenvalue weighted by atomic mass is 79.9. The molecule has 0 bridgehead atoms. The van der Waals surface area contributed by atoms with Gasteiger partial charge in [-0.1, -0.05) is 15.9 Å². The van der Waals surface area contributed by atoms with Crippen molar-refractivity contribution in [3.05, 3.63) is 58.1 Å². The number of hydrogen-bond acceptors (Lipinski definition) is 3. The van der Waals surface area contributed by atoms with E-state index in [0.29, 0.717) is 5.69 Å². The maximum Gasteiger partial charge on any atom is 0.335 e. The van der Waals surface area contributed by atoms with Crippen molar-refractivity contribution in [2.75, 3.05) is 7.11 Å². The van der Waals surface area contributed by atoms with Gasteiger partial charge < -0.3 is 9.84 Å². The van der Waals surface area contributed by atoms with Crippen molar-refractivity contribution < 1.29 is 14.6 Å². The summed E-state index contributed by atoms with van der Waals surface area (Å²) in [5, 5.41) is 8.82. The Morgan fingerprint density at radius 3 is 2.55 bits per heavy atom. The van der Waals surface area contributed by atoms with Crippen LogP contribution >= 0.6 is 15.9 Å². The maximum absolute atomic E-state index is 10.8. The fraction of sp³-hybridized carbons (Fsp3) is 0.0667. The molecular formula is C15H12BrNO3. The minimum absolute atomic E-state index is 0.240. The normalized spacial score (nSPS) is 10.7. The van der Waals surface area contributed by atoms with Gasteiger partial charge in [0.1, 0.15) is 5.75 Å². The molecule has 1 N–H and O–H groups in total. The number of halogens is 1. The van der Waals surface area contributed by atoms with Crippen molar-refractivity contribution in [2.45, 2.75) is 0 Å². The topological polar surface area (TPSA) is 58.9 Å². The summed E-state index contributed by atoms with van der Waals surface area (Å²) in [7, 11) is 1.60. The molecule has 0 spiro atoms. The van der Waals surface area contributed by atoms with E-state index in [1.807, 2.05) is 18.2 Å². The van der Waals surface area contributed by atoms with Gasteiger partial charge in [-0.05, 0) is 42.5 Å². The Bertz CT molecular complexity index is 651. The van der Waals surface area contributed by atoms with Crippen LogP contribution in [0.1, 0.15) is 15.9 Å². The highest BCUT2D eigenvalue weighted by molar-refractivity contribution is 9.10. The van der Waals surface area contributed by atoms with Crippen molar-refractivity contribution in [1.82, 2.24) is 0 Å². The van der Waals surface area contributed by atoms with Gasteiger partial charge in [0.2, 0.25) is 0 Å². The Kier molecular flexibility index (Phi) is 4.53. The maximum atomic E-state index is 10.8. The van der Waals surface area contributed by atoms with E-state index in [1.54, 1.807) is 25.5 Å². The van der Waals surface area contributed by atoms with Gasteiger partial charge in [-0.15, -0.1) is 0 Å². The predicted molar refractivity (Wildman–Crippen MR) is 81.3 cm³/mol. The molecule has 0 aliphatic heterocycles. The van der Waals surface area contributed by atoms with Crippen LogP contribution in [0.2, 0.25) is 0 Å². The number of aliphatic imine (C=N–C) groups is 1. The Balaban J connectivity index is 2.24. The largest absolute Gasteiger partial charge is 0.496 e. The van der Waals surface area contributed by atoms with E-state index in [1.165, 1.54) is 12.1 Å². The Morgan fingerprint density at radius 2 is 1.95 bits per heavy atom. The second-order valence-corrected chi connectivity index (χ2v) is 4.91. The minimum atomic E-state index is -0.950. The third-order valence-corrected chi connectivity index (χ3v) is 3.15. The fourth-order valence-electron chi connectivity index (χ4n) is 1.64. The number of methoxy groups -OCH3 is 1. The standard InChI is InChI=1S/C15H12BrNO3/c1-20-14-7-4-12(16)8-11(14)9-17-13-5-2-10(3-6-13)15(18)19/h2-9H,1H3,(H,18,19). The first-order chi connectivity index (χ1) is 9.60. The summed E-state index contributed by atoms with van der Waals surface area (Å²) in [6.45, 7) is 0. The highest BCUT2D eigenvalue weighted by Crippen LogP contribution is 2.22. The second kappa shape index (κ2) is 6.34. The molecule has 0 unspecified atom stereocenters. The van der Waals surface area contributed by atoms with Gasteiger partial charge in [0.05, 0.1) is 18.4 Å². The summed E-state index contributed by atoms with van der Waals surface area (Å²) in [5.41, 5.74) is 1.75. The lowest BCUT2D eigenvalue weighted by Gasteiger charge is -2.04. The van der Waals surface area contributed by atoms with Crippen LogP contribution in [0.25, 0.3) is 0 Å². The van der Waals surface area contributed by atoms with E-state index in [0.717, 1.165) is 15.8 Å². The average Bonchev–Trinajstić information content (AvgIpc) is 2.45. The zero-order valence-electron chi connectivity index (χ0n) is 10.7. The van der Waals surface area contributed by atoms with Gasteiger partial charge in [-0.25, -0.2) is 4.79 Å². The van der Waals surface area contributed by atoms with Crippen molar-refractivity contribution in [1.29, 1.82) is 0 Å². The third kappa shape index (κ3) is 3.45. The Morgan fingerprint density at radius 1 is 1.25 bits per heavy atom. The van der Waals surface area contributed by atoms with E-state index >= 15 is 0 Å². The summed E-state index contributed by atoms with van der Waals surface area (Å²) in [6.07, 6.45) is 1.68. The molecule has 0 saturated carbocycles. The van der Waals surface area contributed by atoms with E-state index in [4.69, 9.17) is 9.84 Å². The first-order valence-electron chi connectivity index (χ1n) is 5.81. The summed E-state index contributed by atoms with van der Waals surface area (Å²) in [6, 6.07) is 12.0. The molecule has 0 amide bonds. The molecule has 5 heteroatoms. The third-order valence-electron chi connectivity index (χ3n) is 2.66. The summed E-state index contributed by atoms with van der Waals surface area (Å²) >= 11 is 3.39. The van der Waals surface area contributed by atoms with Gasteiger partial charge in [0.15, 0.2) is 0 Å². The molecule has 2 rings (SSSR count). The molecule has 0 fully saturated rings. The zero-order chi connectivity index (χ0) is 14.5. The molecule has 0 aliphatic carbocycles. The highest BCUT2D eigenvalue weighted by Gasteiger charge is 2.02. The molecule has 2 aromatic carbocycles. The monoisotopic (exact) mass is 333 g/mol. The molecule has 0 aromatic heterocycles. The van der Waals surface area contributed by atoms with Crippen LogP contribution in [-0.2, 0) is 0 Å². The molecule has 0 atom stereocenters. The van der Waals surface area contributed by atoms with Crippen LogP contribution in [0.3, 0.4) is 0 Å². The van der Waals surface area contributed by atoms with Crippen molar-refractivity contribution >= 4 is 33.8 Å². The number of aromatic carboxylic acids is 1. The molecule has 0 radical (unpaired) electrons. The SMILES string of the molecule is COc1ccc(Br)cc1C=Nc1ccc(C(=O)O)cc1. The Hall–Kier alpha value is -2.14. The number of nitrogens with zero attached hydrogens (tertiary/aromatic N) is 1. The van der Waals surface area contributed by atoms with E-state index in [2.05, 4.69) is 20.9 Å². The number of carboxylic acids is 1. The lowest BCUT2D eigenvalue weighted by molar-refractivity contribution is 0.0697. The van der Waals surface area contributed by atoms with Gasteiger partial charge in [0, 0.05) is 16.3 Å². The van der Waals surface area contributed by atoms with Crippen LogP contribution in [0, 0.1) is 0 Å². The number of rotatable bonds is 4. The molecule has 20 heavy (non-hydrogen) atoms. The van der Waals surface area contributed by atoms with Crippen LogP contribution in [0.4, 0.5) is 5.69 Å². The second-order valence-electron chi connectivity index (χ2n) is 4.00. The summed E-state index contributed by atoms with van der Waals surface area (Å²) in [4.78, 5) is 15.1. The number of benzene rings is 2. The molecular weight excluding hydrogens is 322 g/mol. The summed E-state index contributed by atoms with van der Waals surface area (Å²) < 4.78 is 6.18. The van der Waals surface area contributed by atoms with Crippen molar-refractivity contribution in [2.24, 2.45) is 4.99 Å². The average molecular weight is 334 g/mol. The zero-order valence-corrected chi connectivity index (χ0v) is 12.3. The lowest BCUT2D eigenvalue weighted by Crippen LogP contribution is -1.94. The quantitative estimate of drug-likeness (QED) is 0.863. The first kappa shape index (κ1) is 14.3. The van der Waals surface area contributed by atoms with E-state index in [9.17, 15) is 4.79 Å². The number of ether oxygens (including phenoxy) is 1. The Labute approximate surface area is 124 Å². The number of hydrogen-bond donors (Lipinski definition) is 1. The van der Waals surface area contributed by atoms with Crippen LogP contribution in [0.5, 0.6) is 5.75 Å². The van der Waals surface area contributed by atoms with E-state index < -0.39 is 5.97 Å². The molecule has 0 saturated heterocycles. The molecule has 4 nitrogen and oxygen atoms in total. The van der Waals surface area contributed by atoms with Crippen LogP contribution in [-0.4, -0.2) is 24.4 Å². The molecule has 0 aliphatic rings. The predicted octanol–water partition coefficient (Wildman–Crippen LogP) is 3.91. The van der Waals surface area contributed by atoms with Crippen LogP contribution in [0.15, 0.2) is 51.9 Å². The molecule has 2 aromatic rings. The van der Waals surface area contributed by atoms with Gasteiger partial charge in [-0.3, -0.25) is 4.99 Å². The van der Waals surface area contributed by atoms with Crippen LogP contribution < -0.4 is 4.74 Å². The minimum Gasteiger partial charge on any atom is -0.496 e. The summed E-state index contributed by atoms with van der Waals surface area (Å²) in [5.74, 6) is -0.228.